The lowest BCUT2D eigenvalue weighted by atomic mass is 10.1. The summed E-state index contributed by atoms with van der Waals surface area (Å²) in [6, 6.07) is 7.74. The molecule has 0 bridgehead atoms. The molecule has 17 heavy (non-hydrogen) atoms. The van der Waals surface area contributed by atoms with Gasteiger partial charge in [0.25, 0.3) is 0 Å². The SMILES string of the molecule is COC(=O)CCN(C)c1c(C)cccc1C#N. The van der Waals surface area contributed by atoms with Crippen molar-refractivity contribution in [2.75, 3.05) is 25.6 Å². The highest BCUT2D eigenvalue weighted by Crippen LogP contribution is 2.23. The van der Waals surface area contributed by atoms with Gasteiger partial charge in [-0.25, -0.2) is 0 Å². The van der Waals surface area contributed by atoms with E-state index in [1.165, 1.54) is 7.11 Å². The number of para-hydroxylation sites is 1. The van der Waals surface area contributed by atoms with Crippen molar-refractivity contribution in [3.63, 3.8) is 0 Å². The molecule has 0 amide bonds. The number of esters is 1. The van der Waals surface area contributed by atoms with Crippen molar-refractivity contribution >= 4 is 11.7 Å². The summed E-state index contributed by atoms with van der Waals surface area (Å²) in [7, 11) is 3.24. The predicted molar refractivity (Wildman–Crippen MR) is 65.8 cm³/mol. The number of ether oxygens (including phenoxy) is 1. The minimum absolute atomic E-state index is 0.246. The van der Waals surface area contributed by atoms with E-state index in [9.17, 15) is 4.79 Å². The summed E-state index contributed by atoms with van der Waals surface area (Å²) in [6.45, 7) is 2.48. The molecule has 0 radical (unpaired) electrons. The molecule has 4 nitrogen and oxygen atoms in total. The van der Waals surface area contributed by atoms with Gasteiger partial charge in [0.2, 0.25) is 0 Å². The van der Waals surface area contributed by atoms with E-state index in [0.717, 1.165) is 11.3 Å². The molecule has 0 aliphatic rings. The maximum Gasteiger partial charge on any atom is 0.307 e. The van der Waals surface area contributed by atoms with Crippen molar-refractivity contribution in [3.8, 4) is 6.07 Å². The van der Waals surface area contributed by atoms with Gasteiger partial charge in [0, 0.05) is 13.6 Å². The van der Waals surface area contributed by atoms with Gasteiger partial charge < -0.3 is 9.64 Å². The number of benzene rings is 1. The van der Waals surface area contributed by atoms with E-state index >= 15 is 0 Å². The summed E-state index contributed by atoms with van der Waals surface area (Å²) in [6.07, 6.45) is 0.312. The molecule has 0 saturated heterocycles. The maximum atomic E-state index is 11.1. The van der Waals surface area contributed by atoms with Crippen molar-refractivity contribution in [2.24, 2.45) is 0 Å². The van der Waals surface area contributed by atoms with Gasteiger partial charge in [0.05, 0.1) is 24.8 Å². The van der Waals surface area contributed by atoms with Crippen LogP contribution in [0.2, 0.25) is 0 Å². The largest absolute Gasteiger partial charge is 0.469 e. The first-order valence-electron chi connectivity index (χ1n) is 5.37. The van der Waals surface area contributed by atoms with Crippen LogP contribution in [-0.2, 0) is 9.53 Å². The first-order valence-corrected chi connectivity index (χ1v) is 5.37. The Balaban J connectivity index is 2.85. The minimum Gasteiger partial charge on any atom is -0.469 e. The van der Waals surface area contributed by atoms with E-state index in [4.69, 9.17) is 5.26 Å². The highest BCUT2D eigenvalue weighted by atomic mass is 16.5. The molecule has 0 spiro atoms. The lowest BCUT2D eigenvalue weighted by Crippen LogP contribution is -2.23. The van der Waals surface area contributed by atoms with Crippen LogP contribution >= 0.6 is 0 Å². The maximum absolute atomic E-state index is 11.1. The van der Waals surface area contributed by atoms with Gasteiger partial charge in [-0.05, 0) is 18.6 Å². The summed E-state index contributed by atoms with van der Waals surface area (Å²) in [5.41, 5.74) is 2.52. The van der Waals surface area contributed by atoms with Gasteiger partial charge >= 0.3 is 5.97 Å². The third-order valence-electron chi connectivity index (χ3n) is 2.62. The van der Waals surface area contributed by atoms with E-state index in [0.29, 0.717) is 18.5 Å². The van der Waals surface area contributed by atoms with E-state index in [1.807, 2.05) is 31.0 Å². The molecule has 0 fully saturated rings. The van der Waals surface area contributed by atoms with Crippen molar-refractivity contribution in [3.05, 3.63) is 29.3 Å². The average Bonchev–Trinajstić information content (AvgIpc) is 2.34. The fourth-order valence-corrected chi connectivity index (χ4v) is 1.73. The number of nitriles is 1. The van der Waals surface area contributed by atoms with Gasteiger partial charge in [0.1, 0.15) is 6.07 Å². The van der Waals surface area contributed by atoms with E-state index in [1.54, 1.807) is 6.07 Å². The molecule has 1 aromatic rings. The second kappa shape index (κ2) is 5.90. The fourth-order valence-electron chi connectivity index (χ4n) is 1.73. The smallest absolute Gasteiger partial charge is 0.307 e. The van der Waals surface area contributed by atoms with Gasteiger partial charge in [0.15, 0.2) is 0 Å². The Morgan fingerprint density at radius 1 is 1.53 bits per heavy atom. The number of rotatable bonds is 4. The third-order valence-corrected chi connectivity index (χ3v) is 2.62. The molecule has 0 aromatic heterocycles. The van der Waals surface area contributed by atoms with Crippen LogP contribution in [0.3, 0.4) is 0 Å². The molecule has 0 aliphatic heterocycles. The van der Waals surface area contributed by atoms with Gasteiger partial charge in [-0.1, -0.05) is 12.1 Å². The minimum atomic E-state index is -0.246. The molecular formula is C13H16N2O2. The Morgan fingerprint density at radius 2 is 2.24 bits per heavy atom. The topological polar surface area (TPSA) is 53.3 Å². The third kappa shape index (κ3) is 3.22. The molecule has 0 N–H and O–H groups in total. The number of anilines is 1. The van der Waals surface area contributed by atoms with E-state index in [2.05, 4.69) is 10.8 Å². The summed E-state index contributed by atoms with van der Waals surface area (Å²) in [4.78, 5) is 13.0. The summed E-state index contributed by atoms with van der Waals surface area (Å²) in [5.74, 6) is -0.246. The molecule has 0 aliphatic carbocycles. The molecule has 0 heterocycles. The van der Waals surface area contributed by atoms with Crippen LogP contribution < -0.4 is 4.90 Å². The van der Waals surface area contributed by atoms with Crippen LogP contribution in [0, 0.1) is 18.3 Å². The zero-order chi connectivity index (χ0) is 12.8. The van der Waals surface area contributed by atoms with Gasteiger partial charge in [-0.15, -0.1) is 0 Å². The standard InChI is InChI=1S/C13H16N2O2/c1-10-5-4-6-11(9-14)13(10)15(2)8-7-12(16)17-3/h4-6H,7-8H2,1-3H3. The molecule has 1 aromatic carbocycles. The molecule has 0 saturated carbocycles. The Bertz CT molecular complexity index is 449. The monoisotopic (exact) mass is 232 g/mol. The van der Waals surface area contributed by atoms with Crippen molar-refractivity contribution in [1.82, 2.24) is 0 Å². The molecule has 1 rings (SSSR count). The zero-order valence-electron chi connectivity index (χ0n) is 10.4. The van der Waals surface area contributed by atoms with Gasteiger partial charge in [-0.3, -0.25) is 4.79 Å². The predicted octanol–water partition coefficient (Wildman–Crippen LogP) is 1.87. The number of nitrogens with zero attached hydrogens (tertiary/aromatic N) is 2. The molecular weight excluding hydrogens is 216 g/mol. The lowest BCUT2D eigenvalue weighted by molar-refractivity contribution is -0.140. The summed E-state index contributed by atoms with van der Waals surface area (Å²) >= 11 is 0. The fraction of sp³-hybridized carbons (Fsp3) is 0.385. The van der Waals surface area contributed by atoms with Crippen LogP contribution in [0.4, 0.5) is 5.69 Å². The second-order valence-corrected chi connectivity index (χ2v) is 3.83. The second-order valence-electron chi connectivity index (χ2n) is 3.83. The molecule has 90 valence electrons. The van der Waals surface area contributed by atoms with E-state index in [-0.39, 0.29) is 5.97 Å². The zero-order valence-corrected chi connectivity index (χ0v) is 10.4. The van der Waals surface area contributed by atoms with Crippen LogP contribution in [0.15, 0.2) is 18.2 Å². The Hall–Kier alpha value is -2.02. The number of carbonyl (C=O) groups excluding carboxylic acids is 1. The van der Waals surface area contributed by atoms with Crippen molar-refractivity contribution in [2.45, 2.75) is 13.3 Å². The van der Waals surface area contributed by atoms with Crippen LogP contribution in [0.5, 0.6) is 0 Å². The molecule has 4 heteroatoms. The van der Waals surface area contributed by atoms with Crippen molar-refractivity contribution in [1.29, 1.82) is 5.26 Å². The summed E-state index contributed by atoms with van der Waals surface area (Å²) in [5, 5.41) is 9.05. The quantitative estimate of drug-likeness (QED) is 0.744. The van der Waals surface area contributed by atoms with Crippen LogP contribution in [-0.4, -0.2) is 26.7 Å². The number of carbonyl (C=O) groups is 1. The average molecular weight is 232 g/mol. The number of hydrogen-bond donors (Lipinski definition) is 0. The molecule has 0 atom stereocenters. The Morgan fingerprint density at radius 3 is 2.82 bits per heavy atom. The normalized spacial score (nSPS) is 9.53. The van der Waals surface area contributed by atoms with Crippen LogP contribution in [0.25, 0.3) is 0 Å². The van der Waals surface area contributed by atoms with Crippen LogP contribution in [0.1, 0.15) is 17.5 Å². The number of hydrogen-bond acceptors (Lipinski definition) is 4. The highest BCUT2D eigenvalue weighted by Gasteiger charge is 2.11. The van der Waals surface area contributed by atoms with Crippen molar-refractivity contribution < 1.29 is 9.53 Å². The lowest BCUT2D eigenvalue weighted by Gasteiger charge is -2.22. The number of methoxy groups -OCH3 is 1. The highest BCUT2D eigenvalue weighted by molar-refractivity contribution is 5.71. The van der Waals surface area contributed by atoms with Gasteiger partial charge in [-0.2, -0.15) is 5.26 Å². The Labute approximate surface area is 101 Å². The summed E-state index contributed by atoms with van der Waals surface area (Å²) < 4.78 is 4.59. The molecule has 0 unspecified atom stereocenters. The Kier molecular flexibility index (Phi) is 4.53. The number of aryl methyl sites for hydroxylation is 1. The van der Waals surface area contributed by atoms with E-state index < -0.39 is 0 Å². The first-order chi connectivity index (χ1) is 8.10. The first kappa shape index (κ1) is 13.0.